The lowest BCUT2D eigenvalue weighted by molar-refractivity contribution is -0.152. The van der Waals surface area contributed by atoms with E-state index in [1.165, 1.54) is 20.1 Å². The van der Waals surface area contributed by atoms with Gasteiger partial charge < -0.3 is 9.64 Å². The number of nitrogens with zero attached hydrogens (tertiary/aromatic N) is 2. The standard InChI is InChI=1S/C30H29N3O5/c1-18(34)20-9-8-12-23(17-20)33-27(35)24-25(28(33)36)30(29(37)38-4,21-10-6-5-7-11-21)31-26(24)19-13-15-22(16-14-19)32(2)3/h5-17,24-26,31H,1-4H3/t24-,25-,26+,30+/m0/s1. The van der Waals surface area contributed by atoms with Crippen LogP contribution in [0, 0.1) is 11.8 Å². The number of amides is 2. The van der Waals surface area contributed by atoms with Gasteiger partial charge in [0.15, 0.2) is 11.3 Å². The maximum atomic E-state index is 14.2. The van der Waals surface area contributed by atoms with Gasteiger partial charge in [-0.15, -0.1) is 0 Å². The van der Waals surface area contributed by atoms with Gasteiger partial charge in [0.1, 0.15) is 0 Å². The van der Waals surface area contributed by atoms with Crippen LogP contribution >= 0.6 is 0 Å². The molecule has 8 heteroatoms. The van der Waals surface area contributed by atoms with Gasteiger partial charge in [0.2, 0.25) is 11.8 Å². The van der Waals surface area contributed by atoms with E-state index >= 15 is 0 Å². The van der Waals surface area contributed by atoms with E-state index in [4.69, 9.17) is 4.74 Å². The second-order valence-corrected chi connectivity index (χ2v) is 9.90. The number of methoxy groups -OCH3 is 1. The number of imide groups is 1. The van der Waals surface area contributed by atoms with Crippen LogP contribution in [0.2, 0.25) is 0 Å². The van der Waals surface area contributed by atoms with Crippen molar-refractivity contribution in [1.29, 1.82) is 0 Å². The molecule has 0 bridgehead atoms. The minimum atomic E-state index is -1.59. The molecular weight excluding hydrogens is 482 g/mol. The van der Waals surface area contributed by atoms with E-state index in [1.54, 1.807) is 42.5 Å². The molecule has 0 radical (unpaired) electrons. The van der Waals surface area contributed by atoms with Crippen molar-refractivity contribution in [2.45, 2.75) is 18.5 Å². The SMILES string of the molecule is COC(=O)[C@]1(c2ccccc2)N[C@H](c2ccc(N(C)C)cc2)[C@H]2C(=O)N(c3cccc(C(C)=O)c3)C(=O)[C@H]21. The average Bonchev–Trinajstić information content (AvgIpc) is 3.43. The summed E-state index contributed by atoms with van der Waals surface area (Å²) < 4.78 is 5.28. The minimum Gasteiger partial charge on any atom is -0.467 e. The van der Waals surface area contributed by atoms with Crippen LogP contribution in [-0.4, -0.2) is 44.8 Å². The number of nitrogens with one attached hydrogen (secondary N) is 1. The number of carbonyl (C=O) groups is 4. The third kappa shape index (κ3) is 3.80. The molecule has 2 fully saturated rings. The van der Waals surface area contributed by atoms with Crippen molar-refractivity contribution in [2.24, 2.45) is 11.8 Å². The van der Waals surface area contributed by atoms with Gasteiger partial charge in [0.05, 0.1) is 24.6 Å². The Morgan fingerprint density at radius 2 is 1.61 bits per heavy atom. The van der Waals surface area contributed by atoms with Gasteiger partial charge in [-0.3, -0.25) is 19.7 Å². The summed E-state index contributed by atoms with van der Waals surface area (Å²) in [6, 6.07) is 22.4. The fraction of sp³-hybridized carbons (Fsp3) is 0.267. The summed E-state index contributed by atoms with van der Waals surface area (Å²) in [5.74, 6) is -3.73. The molecule has 2 aliphatic rings. The minimum absolute atomic E-state index is 0.181. The van der Waals surface area contributed by atoms with E-state index in [2.05, 4.69) is 5.32 Å². The molecule has 0 saturated carbocycles. The van der Waals surface area contributed by atoms with Crippen LogP contribution in [0.1, 0.15) is 34.5 Å². The fourth-order valence-electron chi connectivity index (χ4n) is 5.72. The van der Waals surface area contributed by atoms with Crippen molar-refractivity contribution in [1.82, 2.24) is 5.32 Å². The van der Waals surface area contributed by atoms with Crippen LogP contribution in [0.15, 0.2) is 78.9 Å². The number of ketones is 1. The smallest absolute Gasteiger partial charge is 0.331 e. The van der Waals surface area contributed by atoms with Crippen LogP contribution in [-0.2, 0) is 24.7 Å². The zero-order valence-corrected chi connectivity index (χ0v) is 21.7. The average molecular weight is 512 g/mol. The fourth-order valence-corrected chi connectivity index (χ4v) is 5.72. The zero-order valence-electron chi connectivity index (χ0n) is 21.7. The molecule has 5 rings (SSSR count). The lowest BCUT2D eigenvalue weighted by Crippen LogP contribution is -2.53. The third-order valence-electron chi connectivity index (χ3n) is 7.58. The number of Topliss-reactive ketones (excluding diaryl/α,β-unsaturated/α-hetero) is 1. The first kappa shape index (κ1) is 25.4. The largest absolute Gasteiger partial charge is 0.467 e. The number of hydrogen-bond acceptors (Lipinski definition) is 7. The Balaban J connectivity index is 1.70. The normalized spacial score (nSPS) is 24.3. The number of anilines is 2. The number of carbonyl (C=O) groups excluding carboxylic acids is 4. The van der Waals surface area contributed by atoms with Crippen molar-refractivity contribution in [2.75, 3.05) is 31.0 Å². The van der Waals surface area contributed by atoms with Crippen LogP contribution in [0.3, 0.4) is 0 Å². The Kier molecular flexibility index (Phi) is 6.36. The molecule has 2 amide bonds. The van der Waals surface area contributed by atoms with Crippen LogP contribution in [0.5, 0.6) is 0 Å². The molecule has 8 nitrogen and oxygen atoms in total. The molecule has 194 valence electrons. The molecule has 0 aromatic heterocycles. The summed E-state index contributed by atoms with van der Waals surface area (Å²) in [5, 5.41) is 3.39. The van der Waals surface area contributed by atoms with Gasteiger partial charge in [0.25, 0.3) is 0 Å². The first-order valence-electron chi connectivity index (χ1n) is 12.4. The summed E-state index contributed by atoms with van der Waals surface area (Å²) in [6.07, 6.45) is 0. The van der Waals surface area contributed by atoms with Crippen molar-refractivity contribution in [3.05, 3.63) is 95.6 Å². The maximum Gasteiger partial charge on any atom is 0.331 e. The topological polar surface area (TPSA) is 96.0 Å². The Labute approximate surface area is 221 Å². The Morgan fingerprint density at radius 3 is 2.21 bits per heavy atom. The predicted octanol–water partition coefficient (Wildman–Crippen LogP) is 3.47. The first-order chi connectivity index (χ1) is 18.2. The maximum absolute atomic E-state index is 14.2. The van der Waals surface area contributed by atoms with E-state index < -0.39 is 41.2 Å². The number of benzene rings is 3. The highest BCUT2D eigenvalue weighted by molar-refractivity contribution is 6.24. The zero-order chi connectivity index (χ0) is 27.2. The molecular formula is C30H29N3O5. The van der Waals surface area contributed by atoms with Crippen molar-refractivity contribution in [3.8, 4) is 0 Å². The van der Waals surface area contributed by atoms with E-state index in [0.717, 1.165) is 16.2 Å². The monoisotopic (exact) mass is 511 g/mol. The molecule has 2 heterocycles. The summed E-state index contributed by atoms with van der Waals surface area (Å²) >= 11 is 0. The van der Waals surface area contributed by atoms with Crippen molar-refractivity contribution >= 4 is 34.9 Å². The van der Waals surface area contributed by atoms with Gasteiger partial charge >= 0.3 is 5.97 Å². The molecule has 3 aromatic rings. The predicted molar refractivity (Wildman–Crippen MR) is 143 cm³/mol. The molecule has 1 N–H and O–H groups in total. The van der Waals surface area contributed by atoms with Gasteiger partial charge in [-0.1, -0.05) is 54.6 Å². The van der Waals surface area contributed by atoms with E-state index in [0.29, 0.717) is 16.8 Å². The van der Waals surface area contributed by atoms with Gasteiger partial charge in [-0.25, -0.2) is 9.69 Å². The van der Waals surface area contributed by atoms with Crippen molar-refractivity contribution < 1.29 is 23.9 Å². The first-order valence-corrected chi connectivity index (χ1v) is 12.4. The summed E-state index contributed by atoms with van der Waals surface area (Å²) in [5.41, 5.74) is 1.38. The molecule has 4 atom stereocenters. The molecule has 0 spiro atoms. The third-order valence-corrected chi connectivity index (χ3v) is 7.58. The molecule has 2 saturated heterocycles. The lowest BCUT2D eigenvalue weighted by atomic mass is 9.75. The van der Waals surface area contributed by atoms with E-state index in [1.807, 2.05) is 49.3 Å². The highest BCUT2D eigenvalue weighted by Gasteiger charge is 2.69. The highest BCUT2D eigenvalue weighted by Crippen LogP contribution is 2.54. The summed E-state index contributed by atoms with van der Waals surface area (Å²) in [7, 11) is 5.14. The van der Waals surface area contributed by atoms with Gasteiger partial charge in [-0.05, 0) is 42.3 Å². The highest BCUT2D eigenvalue weighted by atomic mass is 16.5. The van der Waals surface area contributed by atoms with Crippen LogP contribution < -0.4 is 15.1 Å². The molecule has 0 unspecified atom stereocenters. The Bertz CT molecular complexity index is 1420. The quantitative estimate of drug-likeness (QED) is 0.308. The molecule has 3 aromatic carbocycles. The number of fused-ring (bicyclic) bond motifs is 1. The summed E-state index contributed by atoms with van der Waals surface area (Å²) in [4.78, 5) is 57.0. The molecule has 38 heavy (non-hydrogen) atoms. The number of hydrogen-bond donors (Lipinski definition) is 1. The number of ether oxygens (including phenoxy) is 1. The molecule has 0 aliphatic carbocycles. The second-order valence-electron chi connectivity index (χ2n) is 9.90. The Hall–Kier alpha value is -4.30. The lowest BCUT2D eigenvalue weighted by Gasteiger charge is -2.33. The molecule has 2 aliphatic heterocycles. The Morgan fingerprint density at radius 1 is 0.921 bits per heavy atom. The van der Waals surface area contributed by atoms with E-state index in [-0.39, 0.29) is 5.78 Å². The van der Waals surface area contributed by atoms with Crippen LogP contribution in [0.25, 0.3) is 0 Å². The van der Waals surface area contributed by atoms with E-state index in [9.17, 15) is 19.2 Å². The number of esters is 1. The van der Waals surface area contributed by atoms with Gasteiger partial charge in [-0.2, -0.15) is 0 Å². The summed E-state index contributed by atoms with van der Waals surface area (Å²) in [6.45, 7) is 1.43. The van der Waals surface area contributed by atoms with Gasteiger partial charge in [0, 0.05) is 31.4 Å². The van der Waals surface area contributed by atoms with Crippen molar-refractivity contribution in [3.63, 3.8) is 0 Å². The van der Waals surface area contributed by atoms with Crippen LogP contribution in [0.4, 0.5) is 11.4 Å². The second kappa shape index (κ2) is 9.54. The number of rotatable bonds is 6.